The molecule has 1 aromatic heterocycles. The van der Waals surface area contributed by atoms with E-state index in [0.717, 1.165) is 0 Å². The van der Waals surface area contributed by atoms with Gasteiger partial charge < -0.3 is 9.84 Å². The minimum Gasteiger partial charge on any atom is -0.477 e. The average Bonchev–Trinajstić information content (AvgIpc) is 2.41. The zero-order chi connectivity index (χ0) is 15.5. The van der Waals surface area contributed by atoms with E-state index >= 15 is 0 Å². The van der Waals surface area contributed by atoms with Crippen LogP contribution >= 0.6 is 0 Å². The Morgan fingerprint density at radius 1 is 1.29 bits per heavy atom. The summed E-state index contributed by atoms with van der Waals surface area (Å²) in [6, 6.07) is 8.22. The van der Waals surface area contributed by atoms with Crippen LogP contribution in [0.25, 0.3) is 10.9 Å². The molecule has 21 heavy (non-hydrogen) atoms. The fraction of sp³-hybridized carbons (Fsp3) is 0.286. The molecular weight excluding hydrogens is 287 g/mol. The number of carboxylic acid groups (broad SMARTS) is 1. The Bertz CT molecular complexity index is 655. The molecule has 0 aliphatic carbocycles. The van der Waals surface area contributed by atoms with Crippen LogP contribution in [0.2, 0.25) is 0 Å². The molecule has 0 aliphatic rings. The fourth-order valence-electron chi connectivity index (χ4n) is 1.80. The van der Waals surface area contributed by atoms with Crippen LogP contribution in [0.4, 0.5) is 13.2 Å². The Morgan fingerprint density at radius 2 is 2.00 bits per heavy atom. The predicted octanol–water partition coefficient (Wildman–Crippen LogP) is 3.65. The summed E-state index contributed by atoms with van der Waals surface area (Å²) in [5.74, 6) is -1.40. The first-order valence-corrected chi connectivity index (χ1v) is 6.19. The summed E-state index contributed by atoms with van der Waals surface area (Å²) in [6.45, 7) is -0.245. The van der Waals surface area contributed by atoms with Crippen molar-refractivity contribution in [3.05, 3.63) is 35.9 Å². The zero-order valence-electron chi connectivity index (χ0n) is 10.9. The van der Waals surface area contributed by atoms with Crippen LogP contribution in [0.3, 0.4) is 0 Å². The maximum Gasteiger partial charge on any atom is 0.389 e. The summed E-state index contributed by atoms with van der Waals surface area (Å²) in [6.07, 6.45) is -5.49. The number of benzene rings is 1. The van der Waals surface area contributed by atoms with Crippen LogP contribution in [0.1, 0.15) is 23.2 Å². The van der Waals surface area contributed by atoms with Gasteiger partial charge in [0.2, 0.25) is 5.88 Å². The highest BCUT2D eigenvalue weighted by Gasteiger charge is 2.26. The van der Waals surface area contributed by atoms with Crippen molar-refractivity contribution in [1.82, 2.24) is 4.98 Å². The van der Waals surface area contributed by atoms with Gasteiger partial charge in [-0.2, -0.15) is 13.2 Å². The van der Waals surface area contributed by atoms with Crippen LogP contribution in [0.5, 0.6) is 5.88 Å². The summed E-state index contributed by atoms with van der Waals surface area (Å²) in [5.41, 5.74) is 0.356. The van der Waals surface area contributed by atoms with Crippen molar-refractivity contribution in [2.24, 2.45) is 0 Å². The molecule has 0 bridgehead atoms. The lowest BCUT2D eigenvalue weighted by atomic mass is 10.1. The van der Waals surface area contributed by atoms with Crippen molar-refractivity contribution in [3.8, 4) is 5.88 Å². The number of ether oxygens (including phenoxy) is 1. The number of para-hydroxylation sites is 1. The molecule has 0 atom stereocenters. The minimum absolute atomic E-state index is 0.164. The molecule has 0 radical (unpaired) electrons. The summed E-state index contributed by atoms with van der Waals surface area (Å²) in [5, 5.41) is 9.73. The first kappa shape index (κ1) is 15.1. The van der Waals surface area contributed by atoms with Crippen molar-refractivity contribution in [3.63, 3.8) is 0 Å². The van der Waals surface area contributed by atoms with Gasteiger partial charge in [-0.05, 0) is 18.6 Å². The van der Waals surface area contributed by atoms with Gasteiger partial charge in [-0.25, -0.2) is 9.78 Å². The van der Waals surface area contributed by atoms with Crippen molar-refractivity contribution in [2.45, 2.75) is 19.0 Å². The smallest absolute Gasteiger partial charge is 0.389 e. The number of hydrogen-bond acceptors (Lipinski definition) is 3. The Morgan fingerprint density at radius 3 is 2.67 bits per heavy atom. The van der Waals surface area contributed by atoms with Crippen molar-refractivity contribution in [2.75, 3.05) is 6.61 Å². The van der Waals surface area contributed by atoms with Crippen LogP contribution in [-0.2, 0) is 0 Å². The van der Waals surface area contributed by atoms with Crippen molar-refractivity contribution >= 4 is 16.9 Å². The predicted molar refractivity (Wildman–Crippen MR) is 69.5 cm³/mol. The molecule has 7 heteroatoms. The van der Waals surface area contributed by atoms with Crippen LogP contribution < -0.4 is 4.74 Å². The normalized spacial score (nSPS) is 11.6. The topological polar surface area (TPSA) is 59.4 Å². The molecule has 1 heterocycles. The number of halogens is 3. The number of alkyl halides is 3. The maximum atomic E-state index is 12.0. The maximum absolute atomic E-state index is 12.0. The quantitative estimate of drug-likeness (QED) is 0.856. The lowest BCUT2D eigenvalue weighted by molar-refractivity contribution is -0.136. The van der Waals surface area contributed by atoms with Gasteiger partial charge in [0.25, 0.3) is 0 Å². The number of nitrogens with zero attached hydrogens (tertiary/aromatic N) is 1. The molecule has 0 unspecified atom stereocenters. The van der Waals surface area contributed by atoms with Gasteiger partial charge >= 0.3 is 12.1 Å². The largest absolute Gasteiger partial charge is 0.477 e. The molecule has 0 amide bonds. The standard InChI is InChI=1S/C14H12F3NO3/c15-14(16,17)6-3-7-21-12-10(13(19)20)8-9-4-1-2-5-11(9)18-12/h1-2,4-5,8H,3,6-7H2,(H,19,20). The highest BCUT2D eigenvalue weighted by molar-refractivity contribution is 5.95. The number of aromatic carboxylic acids is 1. The third-order valence-electron chi connectivity index (χ3n) is 2.76. The monoisotopic (exact) mass is 299 g/mol. The van der Waals surface area contributed by atoms with E-state index in [1.165, 1.54) is 6.07 Å². The Labute approximate surface area is 118 Å². The SMILES string of the molecule is O=C(O)c1cc2ccccc2nc1OCCCC(F)(F)F. The number of aromatic nitrogens is 1. The molecule has 0 saturated heterocycles. The van der Waals surface area contributed by atoms with Gasteiger partial charge in [-0.3, -0.25) is 0 Å². The van der Waals surface area contributed by atoms with E-state index in [-0.39, 0.29) is 24.5 Å². The molecule has 0 aliphatic heterocycles. The van der Waals surface area contributed by atoms with Crippen LogP contribution in [0, 0.1) is 0 Å². The molecule has 112 valence electrons. The van der Waals surface area contributed by atoms with E-state index in [0.29, 0.717) is 10.9 Å². The number of hydrogen-bond donors (Lipinski definition) is 1. The van der Waals surface area contributed by atoms with E-state index < -0.39 is 18.6 Å². The summed E-state index contributed by atoms with van der Waals surface area (Å²) >= 11 is 0. The molecule has 1 aromatic carbocycles. The fourth-order valence-corrected chi connectivity index (χ4v) is 1.80. The summed E-state index contributed by atoms with van der Waals surface area (Å²) < 4.78 is 41.2. The molecule has 0 spiro atoms. The second-order valence-corrected chi connectivity index (χ2v) is 4.41. The third kappa shape index (κ3) is 4.08. The molecule has 4 nitrogen and oxygen atoms in total. The molecule has 2 aromatic rings. The second kappa shape index (κ2) is 5.99. The third-order valence-corrected chi connectivity index (χ3v) is 2.76. The Hall–Kier alpha value is -2.31. The van der Waals surface area contributed by atoms with E-state index in [1.807, 2.05) is 0 Å². The van der Waals surface area contributed by atoms with Gasteiger partial charge in [0.1, 0.15) is 5.56 Å². The average molecular weight is 299 g/mol. The number of rotatable bonds is 5. The second-order valence-electron chi connectivity index (χ2n) is 4.41. The molecule has 0 saturated carbocycles. The van der Waals surface area contributed by atoms with E-state index in [4.69, 9.17) is 9.84 Å². The summed E-state index contributed by atoms with van der Waals surface area (Å²) in [7, 11) is 0. The molecule has 1 N–H and O–H groups in total. The van der Waals surface area contributed by atoms with Crippen LogP contribution in [0.15, 0.2) is 30.3 Å². The number of pyridine rings is 1. The lowest BCUT2D eigenvalue weighted by Gasteiger charge is -2.10. The first-order chi connectivity index (χ1) is 9.87. The van der Waals surface area contributed by atoms with Gasteiger partial charge in [-0.1, -0.05) is 18.2 Å². The highest BCUT2D eigenvalue weighted by atomic mass is 19.4. The summed E-state index contributed by atoms with van der Waals surface area (Å²) in [4.78, 5) is 15.2. The molecule has 2 rings (SSSR count). The first-order valence-electron chi connectivity index (χ1n) is 6.19. The van der Waals surface area contributed by atoms with Crippen molar-refractivity contribution in [1.29, 1.82) is 0 Å². The Kier molecular flexibility index (Phi) is 4.30. The molecule has 0 fully saturated rings. The van der Waals surface area contributed by atoms with E-state index in [9.17, 15) is 18.0 Å². The van der Waals surface area contributed by atoms with E-state index in [1.54, 1.807) is 24.3 Å². The zero-order valence-corrected chi connectivity index (χ0v) is 10.9. The molecular formula is C14H12F3NO3. The van der Waals surface area contributed by atoms with Gasteiger partial charge in [0.15, 0.2) is 0 Å². The van der Waals surface area contributed by atoms with Gasteiger partial charge in [0.05, 0.1) is 12.1 Å². The number of carboxylic acids is 1. The number of carbonyl (C=O) groups is 1. The van der Waals surface area contributed by atoms with E-state index in [2.05, 4.69) is 4.98 Å². The number of fused-ring (bicyclic) bond motifs is 1. The van der Waals surface area contributed by atoms with Crippen LogP contribution in [-0.4, -0.2) is 28.8 Å². The highest BCUT2D eigenvalue weighted by Crippen LogP contribution is 2.24. The lowest BCUT2D eigenvalue weighted by Crippen LogP contribution is -2.11. The minimum atomic E-state index is -4.25. The van der Waals surface area contributed by atoms with Gasteiger partial charge in [0, 0.05) is 11.8 Å². The van der Waals surface area contributed by atoms with Gasteiger partial charge in [-0.15, -0.1) is 0 Å². The van der Waals surface area contributed by atoms with Crippen molar-refractivity contribution < 1.29 is 27.8 Å². The Balaban J connectivity index is 2.17.